The number of aromatic nitrogens is 8. The van der Waals surface area contributed by atoms with Gasteiger partial charge in [-0.3, -0.25) is 32.5 Å². The third kappa shape index (κ3) is 6.78. The van der Waals surface area contributed by atoms with Gasteiger partial charge in [-0.1, -0.05) is 0 Å². The Bertz CT molecular complexity index is 1910. The predicted octanol–water partition coefficient (Wildman–Crippen LogP) is -2.49. The van der Waals surface area contributed by atoms with Crippen LogP contribution in [0.3, 0.4) is 0 Å². The molecular weight excluding hydrogens is 688 g/mol. The van der Waals surface area contributed by atoms with Gasteiger partial charge in [-0.25, -0.2) is 24.5 Å². The molecule has 0 aromatic carbocycles. The minimum Gasteiger partial charge on any atom is -0.387 e. The lowest BCUT2D eigenvalue weighted by Crippen LogP contribution is -2.36. The van der Waals surface area contributed by atoms with Crippen LogP contribution in [0.5, 0.6) is 0 Å². The van der Waals surface area contributed by atoms with Gasteiger partial charge in [0.05, 0.1) is 38.2 Å². The largest absolute Gasteiger partial charge is 0.472 e. The average molecular weight is 719 g/mol. The third-order valence-corrected chi connectivity index (χ3v) is 9.05. The fraction of sp³-hybridized carbons (Fsp3) is 0.565. The Labute approximate surface area is 268 Å². The zero-order valence-corrected chi connectivity index (χ0v) is 26.6. The van der Waals surface area contributed by atoms with Crippen LogP contribution in [0.15, 0.2) is 23.8 Å². The molecule has 8 N–H and O–H groups in total. The van der Waals surface area contributed by atoms with E-state index in [9.17, 15) is 34.1 Å². The number of nitrogens with two attached hydrogens (primary N) is 1. The molecule has 10 atom stereocenters. The fourth-order valence-electron chi connectivity index (χ4n) is 5.39. The molecule has 48 heavy (non-hydrogen) atoms. The maximum Gasteiger partial charge on any atom is 0.472 e. The van der Waals surface area contributed by atoms with Gasteiger partial charge in [-0.2, -0.15) is 4.98 Å². The molecule has 2 aliphatic heterocycles. The number of anilines is 1. The number of nitrogens with one attached hydrogen (secondary N) is 1. The molecule has 23 nitrogen and oxygen atoms in total. The Hall–Kier alpha value is -3.28. The molecule has 4 aromatic heterocycles. The number of hydrogen-bond donors (Lipinski definition) is 7. The lowest BCUT2D eigenvalue weighted by molar-refractivity contribution is -0.0609. The number of ether oxygens (including phenoxy) is 3. The highest BCUT2D eigenvalue weighted by Gasteiger charge is 2.51. The Morgan fingerprint density at radius 2 is 1.69 bits per heavy atom. The molecule has 6 rings (SSSR count). The van der Waals surface area contributed by atoms with Crippen molar-refractivity contribution < 1.29 is 62.0 Å². The summed E-state index contributed by atoms with van der Waals surface area (Å²) in [7, 11) is -7.07. The first-order chi connectivity index (χ1) is 22.9. The molecule has 262 valence electrons. The first-order valence-corrected chi connectivity index (χ1v) is 16.9. The van der Waals surface area contributed by atoms with Gasteiger partial charge in [0.25, 0.3) is 5.56 Å². The molecule has 6 heterocycles. The summed E-state index contributed by atoms with van der Waals surface area (Å²) in [6, 6.07) is 0. The van der Waals surface area contributed by atoms with Crippen molar-refractivity contribution in [1.29, 1.82) is 0 Å². The van der Waals surface area contributed by atoms with E-state index in [0.29, 0.717) is 29.9 Å². The van der Waals surface area contributed by atoms with Crippen molar-refractivity contribution in [3.8, 4) is 0 Å². The van der Waals surface area contributed by atoms with Crippen molar-refractivity contribution in [3.63, 3.8) is 0 Å². The predicted molar refractivity (Wildman–Crippen MR) is 157 cm³/mol. The van der Waals surface area contributed by atoms with Crippen LogP contribution in [0, 0.1) is 0 Å². The van der Waals surface area contributed by atoms with Gasteiger partial charge in [0.15, 0.2) is 29.3 Å². The quantitative estimate of drug-likeness (QED) is 0.0703. The van der Waals surface area contributed by atoms with Crippen molar-refractivity contribution in [3.05, 3.63) is 35.0 Å². The second kappa shape index (κ2) is 13.9. The lowest BCUT2D eigenvalue weighted by atomic mass is 10.1. The highest BCUT2D eigenvalue weighted by atomic mass is 31.2. The van der Waals surface area contributed by atoms with Crippen LogP contribution >= 0.6 is 16.1 Å². The first-order valence-electron chi connectivity index (χ1n) is 14.1. The lowest BCUT2D eigenvalue weighted by Gasteiger charge is -2.25. The number of phosphoric ester groups is 1. The average Bonchev–Trinajstić information content (AvgIpc) is 3.79. The van der Waals surface area contributed by atoms with Crippen molar-refractivity contribution >= 4 is 44.4 Å². The summed E-state index contributed by atoms with van der Waals surface area (Å²) in [5.74, 6) is -0.293. The summed E-state index contributed by atoms with van der Waals surface area (Å²) in [5.41, 5.74) is 5.92. The zero-order chi connectivity index (χ0) is 34.3. The molecule has 2 fully saturated rings. The number of phosphoric acid groups is 1. The number of methoxy groups -OCH3 is 1. The van der Waals surface area contributed by atoms with Crippen LogP contribution < -0.4 is 11.3 Å². The number of fused-ring (bicyclic) bond motifs is 2. The van der Waals surface area contributed by atoms with E-state index in [4.69, 9.17) is 33.9 Å². The molecule has 25 heteroatoms. The van der Waals surface area contributed by atoms with Gasteiger partial charge in [0.2, 0.25) is 5.95 Å². The molecule has 0 radical (unpaired) electrons. The summed E-state index contributed by atoms with van der Waals surface area (Å²) in [6.07, 6.45) is -7.98. The van der Waals surface area contributed by atoms with Gasteiger partial charge in [-0.05, 0) is 0 Å². The van der Waals surface area contributed by atoms with Crippen molar-refractivity contribution in [2.75, 3.05) is 32.7 Å². The number of imidazole rings is 2. The van der Waals surface area contributed by atoms with E-state index in [-0.39, 0.29) is 17.1 Å². The molecule has 0 amide bonds. The minimum atomic E-state index is -5.15. The summed E-state index contributed by atoms with van der Waals surface area (Å²) in [4.78, 5) is 55.0. The van der Waals surface area contributed by atoms with Crippen LogP contribution in [0.4, 0.5) is 5.95 Å². The first kappa shape index (κ1) is 34.6. The molecular formula is C23H31N9O14P2. The van der Waals surface area contributed by atoms with Crippen molar-refractivity contribution in [2.45, 2.75) is 55.5 Å². The van der Waals surface area contributed by atoms with E-state index < -0.39 is 83.9 Å². The van der Waals surface area contributed by atoms with Gasteiger partial charge in [-0.15, -0.1) is 0 Å². The number of nitrogen functional groups attached to an aromatic ring is 1. The van der Waals surface area contributed by atoms with Crippen LogP contribution in [0.2, 0.25) is 0 Å². The summed E-state index contributed by atoms with van der Waals surface area (Å²) in [5, 5.41) is 32.5. The smallest absolute Gasteiger partial charge is 0.387 e. The molecule has 0 aliphatic carbocycles. The number of rotatable bonds is 13. The van der Waals surface area contributed by atoms with E-state index >= 15 is 0 Å². The maximum absolute atomic E-state index is 13.2. The number of hydrogen-bond acceptors (Lipinski definition) is 18. The van der Waals surface area contributed by atoms with Gasteiger partial charge < -0.3 is 49.6 Å². The van der Waals surface area contributed by atoms with Crippen LogP contribution in [-0.2, 0) is 43.3 Å². The monoisotopic (exact) mass is 719 g/mol. The maximum atomic E-state index is 13.2. The summed E-state index contributed by atoms with van der Waals surface area (Å²) in [6.45, 7) is -1.04. The van der Waals surface area contributed by atoms with Crippen molar-refractivity contribution in [1.82, 2.24) is 39.0 Å². The Morgan fingerprint density at radius 1 is 1.00 bits per heavy atom. The highest BCUT2D eigenvalue weighted by molar-refractivity contribution is 7.47. The molecule has 2 saturated heterocycles. The molecule has 0 spiro atoms. The van der Waals surface area contributed by atoms with Gasteiger partial charge >= 0.3 is 16.1 Å². The number of nitrogens with zero attached hydrogens (tertiary/aromatic N) is 7. The molecule has 0 saturated carbocycles. The molecule has 2 unspecified atom stereocenters. The normalized spacial score (nSPS) is 29.5. The van der Waals surface area contributed by atoms with Crippen LogP contribution in [0.1, 0.15) is 18.1 Å². The Balaban J connectivity index is 1.18. The third-order valence-electron chi connectivity index (χ3n) is 7.65. The van der Waals surface area contributed by atoms with Gasteiger partial charge in [0, 0.05) is 13.5 Å². The number of aromatic amines is 1. The molecule has 0 bridgehead atoms. The van der Waals surface area contributed by atoms with E-state index in [1.807, 2.05) is 0 Å². The van der Waals surface area contributed by atoms with Gasteiger partial charge in [0.1, 0.15) is 48.5 Å². The number of aliphatic hydroxyl groups excluding tert-OH is 3. The van der Waals surface area contributed by atoms with E-state index in [0.717, 1.165) is 10.9 Å². The fourth-order valence-corrected chi connectivity index (χ4v) is 6.63. The van der Waals surface area contributed by atoms with E-state index in [1.165, 1.54) is 24.3 Å². The Kier molecular flexibility index (Phi) is 10.0. The molecule has 2 aliphatic rings. The summed E-state index contributed by atoms with van der Waals surface area (Å²) >= 11 is 0. The van der Waals surface area contributed by atoms with Crippen LogP contribution in [-0.4, -0.2) is 128 Å². The molecule has 4 aromatic rings. The standard InChI is InChI=1S/C23H31N9O14P2/c1-41-3-2-9-12-18(26-6-25-9)31(7-27-12)21-16(35)14(33)11(44-21)5-43-48(39,40)46-17-15(34)10(4-42-47(37)38)45-22(17)32-8-28-13-19(32)29-23(24)30-20(13)36/h6-8,10-11,14-17,21-22,33-35,47H,2-5H2,1H3,(H,37,38)(H,39,40)(H3,24,29,30,36)/t10-,11-,14-,15-,16-,17-,21-,22-/m1/s1. The SMILES string of the molecule is COCCc1ncnc2c1ncn2[C@@H]1O[C@H](COP(=O)(O)O[C@@H]2[C@H](O)[C@@H](CO[PH](=O)O)O[C@H]2n2cnc3c(=O)[nH]c(N)nc32)[C@@H](O)[C@H]1O. The minimum absolute atomic E-state index is 0.140. The highest BCUT2D eigenvalue weighted by Crippen LogP contribution is 2.50. The Morgan fingerprint density at radius 3 is 2.42 bits per heavy atom. The second-order valence-electron chi connectivity index (χ2n) is 10.7. The summed E-state index contributed by atoms with van der Waals surface area (Å²) < 4.78 is 58.5. The number of aliphatic hydroxyl groups is 3. The van der Waals surface area contributed by atoms with E-state index in [2.05, 4.69) is 34.4 Å². The van der Waals surface area contributed by atoms with Crippen LogP contribution in [0.25, 0.3) is 22.3 Å². The topological polar surface area (TPSA) is 324 Å². The number of H-pyrrole nitrogens is 1. The zero-order valence-electron chi connectivity index (χ0n) is 24.7. The van der Waals surface area contributed by atoms with E-state index in [1.54, 1.807) is 0 Å². The van der Waals surface area contributed by atoms with Crippen molar-refractivity contribution in [2.24, 2.45) is 0 Å². The second-order valence-corrected chi connectivity index (χ2v) is 12.9.